The molecule has 0 amide bonds. The molecule has 0 N–H and O–H groups in total. The number of rotatable bonds is 3. The van der Waals surface area contributed by atoms with Crippen molar-refractivity contribution in [3.63, 3.8) is 0 Å². The van der Waals surface area contributed by atoms with Crippen LogP contribution in [0.4, 0.5) is 11.4 Å². The lowest BCUT2D eigenvalue weighted by molar-refractivity contribution is 0.659. The van der Waals surface area contributed by atoms with Crippen molar-refractivity contribution in [3.05, 3.63) is 120 Å². The molecule has 0 saturated heterocycles. The zero-order valence-electron chi connectivity index (χ0n) is 22.9. The Labute approximate surface area is 229 Å². The van der Waals surface area contributed by atoms with Gasteiger partial charge >= 0.3 is 0 Å². The average molecular weight is 502 g/mol. The van der Waals surface area contributed by atoms with E-state index in [0.717, 1.165) is 0 Å². The number of anilines is 2. The highest BCUT2D eigenvalue weighted by Gasteiger charge is 2.35. The number of fused-ring (bicyclic) bond motifs is 5. The second kappa shape index (κ2) is 7.83. The van der Waals surface area contributed by atoms with Crippen LogP contribution in [0.1, 0.15) is 38.8 Å². The van der Waals surface area contributed by atoms with E-state index in [1.165, 1.54) is 76.7 Å². The lowest BCUT2D eigenvalue weighted by atomic mass is 9.82. The fourth-order valence-corrected chi connectivity index (χ4v) is 7.40. The van der Waals surface area contributed by atoms with Crippen molar-refractivity contribution < 1.29 is 0 Å². The van der Waals surface area contributed by atoms with Gasteiger partial charge in [-0.1, -0.05) is 105 Å². The predicted octanol–water partition coefficient (Wildman–Crippen LogP) is 10.6. The summed E-state index contributed by atoms with van der Waals surface area (Å²) >= 11 is 0. The van der Waals surface area contributed by atoms with Crippen molar-refractivity contribution in [1.29, 1.82) is 0 Å². The van der Waals surface area contributed by atoms with E-state index in [0.29, 0.717) is 6.04 Å². The van der Waals surface area contributed by atoms with Crippen molar-refractivity contribution in [2.24, 2.45) is 0 Å². The first-order valence-corrected chi connectivity index (χ1v) is 14.1. The normalized spacial score (nSPS) is 14.1. The maximum absolute atomic E-state index is 2.53. The standard InChI is InChI=1S/C38H31N/c1-23(2)39(25-18-19-27-26-12-5-6-17-33(26)38(3,4)34(27)22-25)35-21-20-31-29-14-8-11-24-10-7-13-28(36(24)29)30-15-9-16-32(35)37(30)31/h5-23H,1-4H3. The first-order valence-electron chi connectivity index (χ1n) is 14.1. The van der Waals surface area contributed by atoms with E-state index in [2.05, 4.69) is 142 Å². The second-order valence-electron chi connectivity index (χ2n) is 11.9. The van der Waals surface area contributed by atoms with Crippen molar-refractivity contribution in [2.45, 2.75) is 39.2 Å². The summed E-state index contributed by atoms with van der Waals surface area (Å²) in [5.74, 6) is 0. The predicted molar refractivity (Wildman–Crippen MR) is 169 cm³/mol. The molecule has 0 saturated carbocycles. The maximum Gasteiger partial charge on any atom is 0.0493 e. The first kappa shape index (κ1) is 22.6. The monoisotopic (exact) mass is 501 g/mol. The highest BCUT2D eigenvalue weighted by Crippen LogP contribution is 2.51. The molecule has 0 aliphatic heterocycles. The van der Waals surface area contributed by atoms with Gasteiger partial charge in [0.1, 0.15) is 0 Å². The quantitative estimate of drug-likeness (QED) is 0.172. The van der Waals surface area contributed by atoms with Crippen LogP contribution in [-0.2, 0) is 5.41 Å². The molecule has 1 heteroatoms. The van der Waals surface area contributed by atoms with Gasteiger partial charge in [-0.05, 0) is 92.0 Å². The lowest BCUT2D eigenvalue weighted by Crippen LogP contribution is -2.26. The van der Waals surface area contributed by atoms with Crippen LogP contribution in [0, 0.1) is 0 Å². The number of hydrogen-bond donors (Lipinski definition) is 0. The molecule has 0 fully saturated rings. The molecule has 188 valence electrons. The Morgan fingerprint density at radius 1 is 0.538 bits per heavy atom. The lowest BCUT2D eigenvalue weighted by Gasteiger charge is -2.32. The maximum atomic E-state index is 2.53. The van der Waals surface area contributed by atoms with E-state index < -0.39 is 0 Å². The van der Waals surface area contributed by atoms with Crippen LogP contribution >= 0.6 is 0 Å². The topological polar surface area (TPSA) is 3.24 Å². The molecule has 1 aliphatic rings. The third-order valence-electron chi connectivity index (χ3n) is 9.12. The van der Waals surface area contributed by atoms with Crippen LogP contribution in [0.15, 0.2) is 109 Å². The minimum absolute atomic E-state index is 0.0209. The van der Waals surface area contributed by atoms with E-state index in [-0.39, 0.29) is 5.41 Å². The zero-order valence-corrected chi connectivity index (χ0v) is 22.9. The van der Waals surface area contributed by atoms with Crippen LogP contribution in [0.2, 0.25) is 0 Å². The molecule has 1 nitrogen and oxygen atoms in total. The number of hydrogen-bond acceptors (Lipinski definition) is 1. The summed E-state index contributed by atoms with van der Waals surface area (Å²) in [5, 5.41) is 10.7. The summed E-state index contributed by atoms with van der Waals surface area (Å²) < 4.78 is 0. The van der Waals surface area contributed by atoms with Crippen molar-refractivity contribution >= 4 is 54.5 Å². The van der Waals surface area contributed by atoms with Crippen LogP contribution in [-0.4, -0.2) is 6.04 Å². The van der Waals surface area contributed by atoms with E-state index in [1.54, 1.807) is 0 Å². The summed E-state index contributed by atoms with van der Waals surface area (Å²) in [5.41, 5.74) is 8.07. The SMILES string of the molecule is CC(C)N(c1ccc2c(c1)C(C)(C)c1ccccc1-2)c1ccc2c3cccc4cccc(c5cccc1c52)c43. The molecule has 0 bridgehead atoms. The summed E-state index contributed by atoms with van der Waals surface area (Å²) in [6.07, 6.45) is 0. The highest BCUT2D eigenvalue weighted by atomic mass is 15.2. The largest absolute Gasteiger partial charge is 0.338 e. The smallest absolute Gasteiger partial charge is 0.0493 e. The van der Waals surface area contributed by atoms with Crippen LogP contribution in [0.5, 0.6) is 0 Å². The van der Waals surface area contributed by atoms with E-state index >= 15 is 0 Å². The van der Waals surface area contributed by atoms with Gasteiger partial charge in [0.05, 0.1) is 0 Å². The number of nitrogens with zero attached hydrogens (tertiary/aromatic N) is 1. The van der Waals surface area contributed by atoms with E-state index in [1.807, 2.05) is 0 Å². The van der Waals surface area contributed by atoms with Crippen LogP contribution in [0.25, 0.3) is 54.2 Å². The minimum atomic E-state index is -0.0209. The molecule has 0 heterocycles. The van der Waals surface area contributed by atoms with Gasteiger partial charge in [-0.15, -0.1) is 0 Å². The summed E-state index contributed by atoms with van der Waals surface area (Å²) in [6, 6.07) is 41.3. The zero-order chi connectivity index (χ0) is 26.5. The van der Waals surface area contributed by atoms with Gasteiger partial charge in [-0.25, -0.2) is 0 Å². The van der Waals surface area contributed by atoms with Gasteiger partial charge in [0, 0.05) is 28.2 Å². The van der Waals surface area contributed by atoms with Crippen molar-refractivity contribution in [1.82, 2.24) is 0 Å². The van der Waals surface area contributed by atoms with Gasteiger partial charge in [-0.3, -0.25) is 0 Å². The molecule has 7 aromatic carbocycles. The Morgan fingerprint density at radius 2 is 1.15 bits per heavy atom. The molecule has 0 aromatic heterocycles. The molecule has 0 spiro atoms. The molecule has 0 atom stereocenters. The number of benzene rings is 7. The fourth-order valence-electron chi connectivity index (χ4n) is 7.40. The third kappa shape index (κ3) is 2.96. The second-order valence-corrected chi connectivity index (χ2v) is 11.9. The molecule has 8 rings (SSSR count). The van der Waals surface area contributed by atoms with Crippen molar-refractivity contribution in [3.8, 4) is 11.1 Å². The van der Waals surface area contributed by atoms with Gasteiger partial charge in [0.15, 0.2) is 0 Å². The highest BCUT2D eigenvalue weighted by molar-refractivity contribution is 6.34. The molecule has 0 unspecified atom stereocenters. The van der Waals surface area contributed by atoms with Gasteiger partial charge in [0.2, 0.25) is 0 Å². The first-order chi connectivity index (χ1) is 18.9. The van der Waals surface area contributed by atoms with Crippen LogP contribution in [0.3, 0.4) is 0 Å². The Kier molecular flexibility index (Phi) is 4.54. The molecular formula is C38H31N. The van der Waals surface area contributed by atoms with Gasteiger partial charge < -0.3 is 4.90 Å². The Balaban J connectivity index is 1.40. The van der Waals surface area contributed by atoms with Gasteiger partial charge in [-0.2, -0.15) is 0 Å². The van der Waals surface area contributed by atoms with Gasteiger partial charge in [0.25, 0.3) is 0 Å². The molecule has 1 aliphatic carbocycles. The third-order valence-corrected chi connectivity index (χ3v) is 9.12. The van der Waals surface area contributed by atoms with E-state index in [4.69, 9.17) is 0 Å². The van der Waals surface area contributed by atoms with Crippen molar-refractivity contribution in [2.75, 3.05) is 4.90 Å². The molecule has 39 heavy (non-hydrogen) atoms. The molecule has 7 aromatic rings. The Bertz CT molecular complexity index is 2030. The Hall–Kier alpha value is -4.36. The van der Waals surface area contributed by atoms with Crippen LogP contribution < -0.4 is 4.90 Å². The average Bonchev–Trinajstić information content (AvgIpc) is 3.18. The minimum Gasteiger partial charge on any atom is -0.338 e. The summed E-state index contributed by atoms with van der Waals surface area (Å²) in [4.78, 5) is 2.53. The Morgan fingerprint density at radius 3 is 1.90 bits per heavy atom. The fraction of sp³-hybridized carbons (Fsp3) is 0.158. The summed E-state index contributed by atoms with van der Waals surface area (Å²) in [7, 11) is 0. The molecule has 0 radical (unpaired) electrons. The van der Waals surface area contributed by atoms with E-state index in [9.17, 15) is 0 Å². The summed E-state index contributed by atoms with van der Waals surface area (Å²) in [6.45, 7) is 9.33. The molecular weight excluding hydrogens is 470 g/mol.